The van der Waals surface area contributed by atoms with E-state index in [4.69, 9.17) is 0 Å². The minimum atomic E-state index is 0.258. The molecule has 0 aromatic carbocycles. The van der Waals surface area contributed by atoms with E-state index < -0.39 is 0 Å². The highest BCUT2D eigenvalue weighted by Gasteiger charge is 2.21. The van der Waals surface area contributed by atoms with Gasteiger partial charge in [-0.15, -0.1) is 0 Å². The van der Waals surface area contributed by atoms with Crippen LogP contribution in [0.5, 0.6) is 0 Å². The average Bonchev–Trinajstić information content (AvgIpc) is 2.52. The van der Waals surface area contributed by atoms with Gasteiger partial charge in [-0.3, -0.25) is 4.79 Å². The second kappa shape index (κ2) is 4.00. The summed E-state index contributed by atoms with van der Waals surface area (Å²) in [5.41, 5.74) is 4.60. The van der Waals surface area contributed by atoms with Crippen LogP contribution in [0.25, 0.3) is 0 Å². The van der Waals surface area contributed by atoms with Crippen LogP contribution in [0.2, 0.25) is 0 Å². The van der Waals surface area contributed by atoms with Crippen LogP contribution in [0, 0.1) is 0 Å². The molecule has 0 aliphatic heterocycles. The van der Waals surface area contributed by atoms with Crippen LogP contribution >= 0.6 is 0 Å². The molecular weight excluding hydrogens is 198 g/mol. The maximum absolute atomic E-state index is 11.8. The molecule has 0 amide bonds. The fourth-order valence-corrected chi connectivity index (χ4v) is 2.85. The number of rotatable bonds is 0. The lowest BCUT2D eigenvalue weighted by Crippen LogP contribution is -2.15. The Morgan fingerprint density at radius 2 is 1.69 bits per heavy atom. The van der Waals surface area contributed by atoms with Gasteiger partial charge in [-0.05, 0) is 49.7 Å². The number of ketones is 1. The number of fused-ring (bicyclic) bond motifs is 2. The summed E-state index contributed by atoms with van der Waals surface area (Å²) >= 11 is 0. The van der Waals surface area contributed by atoms with Gasteiger partial charge in [0.1, 0.15) is 5.69 Å². The lowest BCUT2D eigenvalue weighted by Gasteiger charge is -2.16. The summed E-state index contributed by atoms with van der Waals surface area (Å²) in [5, 5.41) is 0. The number of aryl methyl sites for hydroxylation is 3. The summed E-state index contributed by atoms with van der Waals surface area (Å²) < 4.78 is 0. The number of aromatic nitrogens is 1. The number of nitrogens with zero attached hydrogens (tertiary/aromatic N) is 1. The van der Waals surface area contributed by atoms with Crippen LogP contribution in [0.4, 0.5) is 0 Å². The molecule has 2 aliphatic carbocycles. The van der Waals surface area contributed by atoms with Gasteiger partial charge in [-0.25, -0.2) is 4.98 Å². The van der Waals surface area contributed by atoms with Gasteiger partial charge in [0.05, 0.1) is 0 Å². The Balaban J connectivity index is 2.08. The van der Waals surface area contributed by atoms with Crippen molar-refractivity contribution in [3.63, 3.8) is 0 Å². The maximum atomic E-state index is 11.8. The molecule has 84 valence electrons. The van der Waals surface area contributed by atoms with Gasteiger partial charge in [-0.1, -0.05) is 12.5 Å². The van der Waals surface area contributed by atoms with E-state index >= 15 is 0 Å². The molecule has 0 saturated carbocycles. The van der Waals surface area contributed by atoms with Crippen molar-refractivity contribution in [2.24, 2.45) is 0 Å². The SMILES string of the molecule is O=C1CCCc2cc3c(nc21)CCCCC3. The predicted molar refractivity (Wildman–Crippen MR) is 62.8 cm³/mol. The third-order valence-corrected chi connectivity index (χ3v) is 3.74. The molecule has 0 saturated heterocycles. The summed E-state index contributed by atoms with van der Waals surface area (Å²) in [6.07, 6.45) is 8.77. The van der Waals surface area contributed by atoms with E-state index in [-0.39, 0.29) is 5.78 Å². The van der Waals surface area contributed by atoms with E-state index in [1.807, 2.05) is 0 Å². The van der Waals surface area contributed by atoms with E-state index in [2.05, 4.69) is 11.1 Å². The van der Waals surface area contributed by atoms with Crippen LogP contribution in [0.1, 0.15) is 59.4 Å². The predicted octanol–water partition coefficient (Wildman–Crippen LogP) is 2.87. The zero-order chi connectivity index (χ0) is 11.0. The second-order valence-electron chi connectivity index (χ2n) is 4.94. The first-order valence-corrected chi connectivity index (χ1v) is 6.39. The molecule has 3 rings (SSSR count). The zero-order valence-corrected chi connectivity index (χ0v) is 9.59. The molecule has 0 unspecified atom stereocenters. The lowest BCUT2D eigenvalue weighted by atomic mass is 9.92. The normalized spacial score (nSPS) is 19.9. The molecule has 0 bridgehead atoms. The van der Waals surface area contributed by atoms with E-state index in [0.29, 0.717) is 6.42 Å². The highest BCUT2D eigenvalue weighted by Crippen LogP contribution is 2.26. The van der Waals surface area contributed by atoms with Gasteiger partial charge in [-0.2, -0.15) is 0 Å². The van der Waals surface area contributed by atoms with Crippen molar-refractivity contribution < 1.29 is 4.79 Å². The highest BCUT2D eigenvalue weighted by atomic mass is 16.1. The smallest absolute Gasteiger partial charge is 0.181 e. The Morgan fingerprint density at radius 1 is 0.875 bits per heavy atom. The van der Waals surface area contributed by atoms with Crippen molar-refractivity contribution in [3.8, 4) is 0 Å². The van der Waals surface area contributed by atoms with Crippen molar-refractivity contribution in [1.29, 1.82) is 0 Å². The molecule has 2 nitrogen and oxygen atoms in total. The Morgan fingerprint density at radius 3 is 2.62 bits per heavy atom. The summed E-state index contributed by atoms with van der Waals surface area (Å²) in [4.78, 5) is 16.4. The van der Waals surface area contributed by atoms with Crippen LogP contribution in [-0.2, 0) is 19.3 Å². The van der Waals surface area contributed by atoms with E-state index in [9.17, 15) is 4.79 Å². The number of hydrogen-bond donors (Lipinski definition) is 0. The van der Waals surface area contributed by atoms with Gasteiger partial charge in [0.25, 0.3) is 0 Å². The maximum Gasteiger partial charge on any atom is 0.181 e. The molecule has 0 N–H and O–H groups in total. The van der Waals surface area contributed by atoms with Gasteiger partial charge >= 0.3 is 0 Å². The topological polar surface area (TPSA) is 30.0 Å². The van der Waals surface area contributed by atoms with E-state index in [0.717, 1.165) is 31.4 Å². The molecule has 0 radical (unpaired) electrons. The minimum absolute atomic E-state index is 0.258. The van der Waals surface area contributed by atoms with Crippen LogP contribution < -0.4 is 0 Å². The van der Waals surface area contributed by atoms with Crippen LogP contribution in [0.15, 0.2) is 6.07 Å². The van der Waals surface area contributed by atoms with Gasteiger partial charge in [0.15, 0.2) is 5.78 Å². The first kappa shape index (κ1) is 10.0. The molecule has 1 aromatic heterocycles. The van der Waals surface area contributed by atoms with Crippen molar-refractivity contribution >= 4 is 5.78 Å². The molecule has 1 aromatic rings. The zero-order valence-electron chi connectivity index (χ0n) is 9.59. The molecule has 1 heterocycles. The first-order valence-electron chi connectivity index (χ1n) is 6.39. The standard InChI is InChI=1S/C14H17NO/c16-13-8-4-6-11-9-10-5-2-1-3-7-12(10)15-14(11)13/h9H,1-8H2. The first-order chi connectivity index (χ1) is 7.84. The average molecular weight is 215 g/mol. The van der Waals surface area contributed by atoms with Crippen molar-refractivity contribution in [2.45, 2.75) is 51.4 Å². The number of pyridine rings is 1. The largest absolute Gasteiger partial charge is 0.292 e. The fraction of sp³-hybridized carbons (Fsp3) is 0.571. The van der Waals surface area contributed by atoms with Gasteiger partial charge in [0, 0.05) is 12.1 Å². The molecule has 2 aliphatic rings. The number of Topliss-reactive ketones (excluding diaryl/α,β-unsaturated/α-hetero) is 1. The van der Waals surface area contributed by atoms with Crippen molar-refractivity contribution in [3.05, 3.63) is 28.6 Å². The van der Waals surface area contributed by atoms with E-state index in [1.54, 1.807) is 0 Å². The summed E-state index contributed by atoms with van der Waals surface area (Å²) in [6, 6.07) is 2.26. The number of carbonyl (C=O) groups is 1. The third kappa shape index (κ3) is 1.66. The molecule has 2 heteroatoms. The van der Waals surface area contributed by atoms with Gasteiger partial charge in [0.2, 0.25) is 0 Å². The Labute approximate surface area is 96.1 Å². The molecule has 0 spiro atoms. The van der Waals surface area contributed by atoms with Crippen LogP contribution in [0.3, 0.4) is 0 Å². The number of carbonyl (C=O) groups excluding carboxylic acids is 1. The van der Waals surface area contributed by atoms with Crippen LogP contribution in [-0.4, -0.2) is 10.8 Å². The summed E-state index contributed by atoms with van der Waals surface area (Å²) in [7, 11) is 0. The summed E-state index contributed by atoms with van der Waals surface area (Å²) in [6.45, 7) is 0. The minimum Gasteiger partial charge on any atom is -0.292 e. The van der Waals surface area contributed by atoms with Gasteiger partial charge < -0.3 is 0 Å². The van der Waals surface area contributed by atoms with E-state index in [1.165, 1.54) is 36.1 Å². The molecule has 16 heavy (non-hydrogen) atoms. The van der Waals surface area contributed by atoms with Crippen molar-refractivity contribution in [2.75, 3.05) is 0 Å². The third-order valence-electron chi connectivity index (χ3n) is 3.74. The fourth-order valence-electron chi connectivity index (χ4n) is 2.85. The number of hydrogen-bond acceptors (Lipinski definition) is 2. The summed E-state index contributed by atoms with van der Waals surface area (Å²) in [5.74, 6) is 0.258. The highest BCUT2D eigenvalue weighted by molar-refractivity contribution is 5.96. The Kier molecular flexibility index (Phi) is 2.50. The monoisotopic (exact) mass is 215 g/mol. The molecule has 0 fully saturated rings. The lowest BCUT2D eigenvalue weighted by molar-refractivity contribution is 0.0967. The molecular formula is C14H17NO. The molecule has 0 atom stereocenters. The van der Waals surface area contributed by atoms with Crippen molar-refractivity contribution in [1.82, 2.24) is 4.98 Å². The quantitative estimate of drug-likeness (QED) is 0.623. The Hall–Kier alpha value is -1.18. The second-order valence-corrected chi connectivity index (χ2v) is 4.94. The Bertz CT molecular complexity index is 437.